The third-order valence-electron chi connectivity index (χ3n) is 5.36. The van der Waals surface area contributed by atoms with Crippen molar-refractivity contribution >= 4 is 9.84 Å². The van der Waals surface area contributed by atoms with Crippen molar-refractivity contribution in [3.63, 3.8) is 0 Å². The van der Waals surface area contributed by atoms with E-state index in [0.717, 1.165) is 38.5 Å². The van der Waals surface area contributed by atoms with Gasteiger partial charge in [-0.05, 0) is 19.8 Å². The topological polar surface area (TPSA) is 54.0 Å². The monoisotopic (exact) mass is 389 g/mol. The molecule has 0 saturated carbocycles. The van der Waals surface area contributed by atoms with Gasteiger partial charge in [-0.2, -0.15) is 0 Å². The number of hydrogen-bond donors (Lipinski definition) is 0. The normalized spacial score (nSPS) is 14.5. The van der Waals surface area contributed by atoms with E-state index in [9.17, 15) is 13.5 Å². The Bertz CT molecular complexity index is 390. The first-order chi connectivity index (χ1) is 12.5. The van der Waals surface area contributed by atoms with Gasteiger partial charge in [-0.1, -0.05) is 104 Å². The van der Waals surface area contributed by atoms with Gasteiger partial charge >= 0.3 is 0 Å². The lowest BCUT2D eigenvalue weighted by Gasteiger charge is -2.19. The first-order valence-corrected chi connectivity index (χ1v) is 13.0. The molecular weight excluding hydrogens is 344 g/mol. The van der Waals surface area contributed by atoms with Gasteiger partial charge in [-0.15, -0.1) is 0 Å². The maximum Gasteiger partial charge on any atom is 0.155 e. The van der Waals surface area contributed by atoms with Crippen LogP contribution in [0.4, 0.5) is 0 Å². The SMILES string of the molecule is CCCCCCCCCCCS(=O)(=O)C(CCCCCCCC)C(C)[O]. The summed E-state index contributed by atoms with van der Waals surface area (Å²) in [4.78, 5) is 0. The Balaban J connectivity index is 3.94. The van der Waals surface area contributed by atoms with Crippen LogP contribution in [0.15, 0.2) is 0 Å². The minimum absolute atomic E-state index is 0.204. The minimum atomic E-state index is -3.24. The highest BCUT2D eigenvalue weighted by atomic mass is 32.2. The van der Waals surface area contributed by atoms with Crippen LogP contribution < -0.4 is 0 Å². The van der Waals surface area contributed by atoms with E-state index in [0.29, 0.717) is 6.42 Å². The zero-order chi connectivity index (χ0) is 19.7. The second-order valence-electron chi connectivity index (χ2n) is 8.00. The van der Waals surface area contributed by atoms with E-state index in [-0.39, 0.29) is 5.75 Å². The summed E-state index contributed by atoms with van der Waals surface area (Å²) in [5.74, 6) is 0.204. The molecule has 4 heteroatoms. The van der Waals surface area contributed by atoms with Gasteiger partial charge in [0, 0.05) is 0 Å². The molecule has 0 bridgehead atoms. The van der Waals surface area contributed by atoms with Crippen LogP contribution in [0.25, 0.3) is 0 Å². The van der Waals surface area contributed by atoms with Crippen molar-refractivity contribution in [2.75, 3.05) is 5.75 Å². The predicted octanol–water partition coefficient (Wildman–Crippen LogP) is 6.87. The molecule has 0 aromatic carbocycles. The van der Waals surface area contributed by atoms with Crippen LogP contribution in [-0.4, -0.2) is 25.5 Å². The fourth-order valence-corrected chi connectivity index (χ4v) is 5.62. The Labute approximate surface area is 164 Å². The fraction of sp³-hybridized carbons (Fsp3) is 1.00. The lowest BCUT2D eigenvalue weighted by Crippen LogP contribution is -2.33. The Morgan fingerprint density at radius 1 is 0.615 bits per heavy atom. The van der Waals surface area contributed by atoms with Crippen molar-refractivity contribution < 1.29 is 13.5 Å². The fourth-order valence-electron chi connectivity index (χ4n) is 3.60. The largest absolute Gasteiger partial charge is 0.232 e. The molecule has 0 aliphatic heterocycles. The van der Waals surface area contributed by atoms with Crippen molar-refractivity contribution in [2.45, 2.75) is 135 Å². The predicted molar refractivity (Wildman–Crippen MR) is 113 cm³/mol. The molecule has 0 heterocycles. The van der Waals surface area contributed by atoms with E-state index >= 15 is 0 Å². The van der Waals surface area contributed by atoms with Crippen LogP contribution in [0, 0.1) is 0 Å². The van der Waals surface area contributed by atoms with Gasteiger partial charge in [-0.3, -0.25) is 0 Å². The lowest BCUT2D eigenvalue weighted by atomic mass is 10.1. The molecule has 1 radical (unpaired) electrons. The molecule has 0 amide bonds. The molecule has 3 nitrogen and oxygen atoms in total. The molecule has 0 aliphatic carbocycles. The van der Waals surface area contributed by atoms with Crippen molar-refractivity contribution in [1.82, 2.24) is 0 Å². The summed E-state index contributed by atoms with van der Waals surface area (Å²) in [6.45, 7) is 5.94. The number of unbranched alkanes of at least 4 members (excludes halogenated alkanes) is 13. The van der Waals surface area contributed by atoms with E-state index in [4.69, 9.17) is 0 Å². The van der Waals surface area contributed by atoms with E-state index < -0.39 is 21.2 Å². The van der Waals surface area contributed by atoms with Crippen LogP contribution in [0.1, 0.15) is 124 Å². The lowest BCUT2D eigenvalue weighted by molar-refractivity contribution is 0.0976. The van der Waals surface area contributed by atoms with Gasteiger partial charge in [0.2, 0.25) is 0 Å². The highest BCUT2D eigenvalue weighted by molar-refractivity contribution is 7.92. The smallest absolute Gasteiger partial charge is 0.155 e. The van der Waals surface area contributed by atoms with Crippen LogP contribution in [-0.2, 0) is 14.9 Å². The third-order valence-corrected chi connectivity index (χ3v) is 7.76. The summed E-state index contributed by atoms with van der Waals surface area (Å²) in [5, 5.41) is 11.2. The average molecular weight is 390 g/mol. The number of sulfone groups is 1. The van der Waals surface area contributed by atoms with Crippen molar-refractivity contribution in [3.8, 4) is 0 Å². The highest BCUT2D eigenvalue weighted by Crippen LogP contribution is 2.19. The van der Waals surface area contributed by atoms with Crippen molar-refractivity contribution in [3.05, 3.63) is 0 Å². The van der Waals surface area contributed by atoms with Crippen LogP contribution in [0.2, 0.25) is 0 Å². The molecule has 26 heavy (non-hydrogen) atoms. The third kappa shape index (κ3) is 14.0. The van der Waals surface area contributed by atoms with Crippen molar-refractivity contribution in [2.24, 2.45) is 0 Å². The van der Waals surface area contributed by atoms with Crippen LogP contribution >= 0.6 is 0 Å². The molecule has 0 saturated heterocycles. The highest BCUT2D eigenvalue weighted by Gasteiger charge is 2.29. The molecule has 0 rings (SSSR count). The molecule has 0 N–H and O–H groups in total. The Morgan fingerprint density at radius 2 is 1.00 bits per heavy atom. The molecule has 157 valence electrons. The molecule has 0 spiro atoms. The second kappa shape index (κ2) is 17.0. The van der Waals surface area contributed by atoms with Crippen LogP contribution in [0.3, 0.4) is 0 Å². The molecule has 0 fully saturated rings. The zero-order valence-corrected chi connectivity index (χ0v) is 18.6. The van der Waals surface area contributed by atoms with E-state index in [1.54, 1.807) is 0 Å². The Hall–Kier alpha value is -0.0900. The number of rotatable bonds is 19. The maximum atomic E-state index is 12.5. The van der Waals surface area contributed by atoms with E-state index in [1.807, 2.05) is 0 Å². The quantitative estimate of drug-likeness (QED) is 0.226. The van der Waals surface area contributed by atoms with E-state index in [1.165, 1.54) is 64.7 Å². The van der Waals surface area contributed by atoms with Crippen LogP contribution in [0.5, 0.6) is 0 Å². The summed E-state index contributed by atoms with van der Waals surface area (Å²) in [6, 6.07) is 0. The van der Waals surface area contributed by atoms with Gasteiger partial charge in [0.15, 0.2) is 9.84 Å². The standard InChI is InChI=1S/C22H45O3S/c1-4-6-8-10-12-13-14-16-18-20-26(24,25)22(21(3)23)19-17-15-11-9-7-5-2/h21-22H,4-20H2,1-3H3. The zero-order valence-electron chi connectivity index (χ0n) is 17.8. The molecule has 0 aromatic rings. The Kier molecular flexibility index (Phi) is 17.0. The van der Waals surface area contributed by atoms with Gasteiger partial charge in [0.25, 0.3) is 0 Å². The van der Waals surface area contributed by atoms with Gasteiger partial charge in [0.1, 0.15) is 6.10 Å². The first-order valence-electron chi connectivity index (χ1n) is 11.3. The van der Waals surface area contributed by atoms with Gasteiger partial charge < -0.3 is 0 Å². The first kappa shape index (κ1) is 25.9. The van der Waals surface area contributed by atoms with E-state index in [2.05, 4.69) is 13.8 Å². The maximum absolute atomic E-state index is 12.5. The number of hydrogen-bond acceptors (Lipinski definition) is 2. The average Bonchev–Trinajstić information content (AvgIpc) is 2.59. The molecule has 0 aromatic heterocycles. The van der Waals surface area contributed by atoms with Gasteiger partial charge in [0.05, 0.1) is 11.0 Å². The molecule has 2 atom stereocenters. The summed E-state index contributed by atoms with van der Waals surface area (Å²) in [6.07, 6.45) is 16.8. The molecule has 0 aliphatic rings. The molecule has 2 unspecified atom stereocenters. The molecular formula is C22H45O3S. The summed E-state index contributed by atoms with van der Waals surface area (Å²) in [7, 11) is -3.24. The van der Waals surface area contributed by atoms with Crippen molar-refractivity contribution in [1.29, 1.82) is 0 Å². The summed E-state index contributed by atoms with van der Waals surface area (Å²) >= 11 is 0. The summed E-state index contributed by atoms with van der Waals surface area (Å²) < 4.78 is 25.1. The minimum Gasteiger partial charge on any atom is -0.232 e. The summed E-state index contributed by atoms with van der Waals surface area (Å²) in [5.41, 5.74) is 0. The Morgan fingerprint density at radius 3 is 1.42 bits per heavy atom. The second-order valence-corrected chi connectivity index (χ2v) is 10.3. The van der Waals surface area contributed by atoms with Gasteiger partial charge in [-0.25, -0.2) is 13.5 Å².